The van der Waals surface area contributed by atoms with Gasteiger partial charge >= 0.3 is 0 Å². The molecule has 0 bridgehead atoms. The van der Waals surface area contributed by atoms with Crippen LogP contribution in [0.4, 0.5) is 8.78 Å². The number of carbonyl (C=O) groups excluding carboxylic acids is 1. The lowest BCUT2D eigenvalue weighted by Crippen LogP contribution is -2.28. The molecule has 21 heavy (non-hydrogen) atoms. The van der Waals surface area contributed by atoms with Gasteiger partial charge in [-0.05, 0) is 29.8 Å². The molecule has 1 aromatic carbocycles. The lowest BCUT2D eigenvalue weighted by molar-refractivity contribution is 0.0764. The first-order valence-corrected chi connectivity index (χ1v) is 7.20. The van der Waals surface area contributed by atoms with E-state index in [0.717, 1.165) is 10.0 Å². The van der Waals surface area contributed by atoms with E-state index in [1.807, 2.05) is 24.3 Å². The van der Waals surface area contributed by atoms with Crippen LogP contribution in [0.15, 0.2) is 47.1 Å². The van der Waals surface area contributed by atoms with Crippen molar-refractivity contribution in [3.8, 4) is 0 Å². The van der Waals surface area contributed by atoms with Crippen LogP contribution in [0.2, 0.25) is 0 Å². The molecule has 0 aliphatic carbocycles. The van der Waals surface area contributed by atoms with Gasteiger partial charge in [-0.25, -0.2) is 8.78 Å². The number of aromatic nitrogens is 1. The molecule has 0 aliphatic rings. The summed E-state index contributed by atoms with van der Waals surface area (Å²) in [6.45, 7) is -0.0586. The minimum Gasteiger partial charge on any atom is -0.338 e. The number of amides is 1. The summed E-state index contributed by atoms with van der Waals surface area (Å²) in [7, 11) is 1.66. The van der Waals surface area contributed by atoms with Gasteiger partial charge in [0.2, 0.25) is 0 Å². The molecule has 1 aromatic heterocycles. The van der Waals surface area contributed by atoms with Crippen LogP contribution in [0.25, 0.3) is 0 Å². The minimum absolute atomic E-state index is 0.271. The number of nitrogens with zero attached hydrogens (tertiary/aromatic N) is 2. The van der Waals surface area contributed by atoms with E-state index in [1.165, 1.54) is 15.7 Å². The number of hydrogen-bond donors (Lipinski definition) is 0. The zero-order valence-electron chi connectivity index (χ0n) is 11.5. The summed E-state index contributed by atoms with van der Waals surface area (Å²) in [5.74, 6) is -0.277. The minimum atomic E-state index is -2.49. The van der Waals surface area contributed by atoms with Crippen molar-refractivity contribution in [2.45, 2.75) is 19.5 Å². The quantitative estimate of drug-likeness (QED) is 0.799. The van der Waals surface area contributed by atoms with Gasteiger partial charge in [-0.3, -0.25) is 4.79 Å². The molecule has 0 aliphatic heterocycles. The molecule has 0 atom stereocenters. The summed E-state index contributed by atoms with van der Waals surface area (Å²) in [6, 6.07) is 10.8. The van der Waals surface area contributed by atoms with Crippen LogP contribution in [0.5, 0.6) is 0 Å². The molecular formula is C15H15BrF2N2O. The van der Waals surface area contributed by atoms with E-state index in [9.17, 15) is 13.6 Å². The topological polar surface area (TPSA) is 25.2 Å². The summed E-state index contributed by atoms with van der Waals surface area (Å²) < 4.78 is 27.2. The van der Waals surface area contributed by atoms with Crippen molar-refractivity contribution in [3.63, 3.8) is 0 Å². The molecule has 1 heterocycles. The maximum atomic E-state index is 12.5. The first kappa shape index (κ1) is 15.7. The van der Waals surface area contributed by atoms with Crippen molar-refractivity contribution < 1.29 is 13.6 Å². The second-order valence-electron chi connectivity index (χ2n) is 4.73. The third-order valence-electron chi connectivity index (χ3n) is 3.04. The van der Waals surface area contributed by atoms with Crippen LogP contribution in [-0.2, 0) is 13.1 Å². The van der Waals surface area contributed by atoms with E-state index in [-0.39, 0.29) is 11.6 Å². The van der Waals surface area contributed by atoms with Gasteiger partial charge in [-0.15, -0.1) is 0 Å². The molecule has 6 heteroatoms. The zero-order chi connectivity index (χ0) is 15.4. The Balaban J connectivity index is 2.11. The van der Waals surface area contributed by atoms with Gasteiger partial charge in [-0.2, -0.15) is 0 Å². The first-order chi connectivity index (χ1) is 9.97. The maximum absolute atomic E-state index is 12.5. The Morgan fingerprint density at radius 2 is 2.10 bits per heavy atom. The zero-order valence-corrected chi connectivity index (χ0v) is 13.1. The molecule has 0 unspecified atom stereocenters. The van der Waals surface area contributed by atoms with Crippen LogP contribution >= 0.6 is 15.9 Å². The van der Waals surface area contributed by atoms with Crippen LogP contribution in [0, 0.1) is 0 Å². The van der Waals surface area contributed by atoms with Crippen LogP contribution in [0.1, 0.15) is 16.1 Å². The molecule has 1 amide bonds. The Bertz CT molecular complexity index is 628. The number of benzene rings is 1. The fourth-order valence-corrected chi connectivity index (χ4v) is 2.54. The molecule has 3 nitrogen and oxygen atoms in total. The molecule has 0 spiro atoms. The van der Waals surface area contributed by atoms with Crippen molar-refractivity contribution in [1.82, 2.24) is 9.47 Å². The molecule has 2 aromatic rings. The van der Waals surface area contributed by atoms with Gasteiger partial charge < -0.3 is 9.47 Å². The van der Waals surface area contributed by atoms with E-state index < -0.39 is 13.0 Å². The van der Waals surface area contributed by atoms with Crippen molar-refractivity contribution in [2.24, 2.45) is 0 Å². The average Bonchev–Trinajstić information content (AvgIpc) is 2.85. The number of rotatable bonds is 5. The Labute approximate surface area is 130 Å². The fraction of sp³-hybridized carbons (Fsp3) is 0.267. The summed E-state index contributed by atoms with van der Waals surface area (Å²) in [5.41, 5.74) is 1.24. The number of alkyl halides is 2. The first-order valence-electron chi connectivity index (χ1n) is 6.40. The largest absolute Gasteiger partial charge is 0.338 e. The van der Waals surface area contributed by atoms with Crippen molar-refractivity contribution >= 4 is 21.8 Å². The van der Waals surface area contributed by atoms with E-state index >= 15 is 0 Å². The van der Waals surface area contributed by atoms with E-state index in [1.54, 1.807) is 19.2 Å². The van der Waals surface area contributed by atoms with E-state index in [2.05, 4.69) is 15.9 Å². The van der Waals surface area contributed by atoms with Crippen molar-refractivity contribution in [1.29, 1.82) is 0 Å². The SMILES string of the molecule is CN(Cc1cccc(Br)c1)C(=O)c1cccn1CC(F)F. The number of halogens is 3. The molecule has 0 N–H and O–H groups in total. The molecule has 0 saturated heterocycles. The van der Waals surface area contributed by atoms with Gasteiger partial charge in [0.05, 0.1) is 6.54 Å². The van der Waals surface area contributed by atoms with Crippen molar-refractivity contribution in [2.75, 3.05) is 7.05 Å². The van der Waals surface area contributed by atoms with Crippen LogP contribution in [0.3, 0.4) is 0 Å². The summed E-state index contributed by atoms with van der Waals surface area (Å²) in [4.78, 5) is 13.9. The van der Waals surface area contributed by atoms with Gasteiger partial charge in [0.1, 0.15) is 5.69 Å². The molecule has 0 saturated carbocycles. The van der Waals surface area contributed by atoms with Crippen molar-refractivity contribution in [3.05, 3.63) is 58.3 Å². The molecule has 0 radical (unpaired) electrons. The fourth-order valence-electron chi connectivity index (χ4n) is 2.09. The third-order valence-corrected chi connectivity index (χ3v) is 3.53. The number of carbonyl (C=O) groups is 1. The van der Waals surface area contributed by atoms with E-state index in [0.29, 0.717) is 6.54 Å². The number of hydrogen-bond acceptors (Lipinski definition) is 1. The predicted octanol–water partition coefficient (Wildman–Crippen LogP) is 3.79. The van der Waals surface area contributed by atoms with Gasteiger partial charge in [0.25, 0.3) is 12.3 Å². The van der Waals surface area contributed by atoms with Gasteiger partial charge in [0, 0.05) is 24.3 Å². The Kier molecular flexibility index (Phi) is 5.12. The summed E-state index contributed by atoms with van der Waals surface area (Å²) in [6.07, 6.45) is -0.994. The lowest BCUT2D eigenvalue weighted by Gasteiger charge is -2.18. The Morgan fingerprint density at radius 1 is 1.33 bits per heavy atom. The molecule has 0 fully saturated rings. The highest BCUT2D eigenvalue weighted by Gasteiger charge is 2.17. The lowest BCUT2D eigenvalue weighted by atomic mass is 10.2. The highest BCUT2D eigenvalue weighted by atomic mass is 79.9. The second kappa shape index (κ2) is 6.85. The molecule has 2 rings (SSSR count). The maximum Gasteiger partial charge on any atom is 0.270 e. The smallest absolute Gasteiger partial charge is 0.270 e. The highest BCUT2D eigenvalue weighted by Crippen LogP contribution is 2.15. The third kappa shape index (κ3) is 4.14. The van der Waals surface area contributed by atoms with E-state index in [4.69, 9.17) is 0 Å². The normalized spacial score (nSPS) is 10.9. The monoisotopic (exact) mass is 356 g/mol. The molecule has 112 valence electrons. The standard InChI is InChI=1S/C15H15BrF2N2O/c1-19(9-11-4-2-5-12(16)8-11)15(21)13-6-3-7-20(13)10-14(17)18/h2-8,14H,9-10H2,1H3. The van der Waals surface area contributed by atoms with Crippen LogP contribution < -0.4 is 0 Å². The van der Waals surface area contributed by atoms with Gasteiger partial charge in [0.15, 0.2) is 0 Å². The highest BCUT2D eigenvalue weighted by molar-refractivity contribution is 9.10. The van der Waals surface area contributed by atoms with Gasteiger partial charge in [-0.1, -0.05) is 28.1 Å². The Morgan fingerprint density at radius 3 is 2.76 bits per heavy atom. The average molecular weight is 357 g/mol. The summed E-state index contributed by atoms with van der Waals surface area (Å²) in [5, 5.41) is 0. The second-order valence-corrected chi connectivity index (χ2v) is 5.64. The Hall–Kier alpha value is -1.69. The van der Waals surface area contributed by atoms with Crippen LogP contribution in [-0.4, -0.2) is 28.8 Å². The predicted molar refractivity (Wildman–Crippen MR) is 80.4 cm³/mol. The summed E-state index contributed by atoms with van der Waals surface area (Å²) >= 11 is 3.38. The molecular weight excluding hydrogens is 342 g/mol.